The maximum Gasteiger partial charge on any atom is 0.274 e. The van der Waals surface area contributed by atoms with Crippen molar-refractivity contribution >= 4 is 23.5 Å². The van der Waals surface area contributed by atoms with Gasteiger partial charge in [0.25, 0.3) is 5.91 Å². The molecule has 0 spiro atoms. The van der Waals surface area contributed by atoms with Gasteiger partial charge in [0.15, 0.2) is 0 Å². The number of imidazole rings is 1. The summed E-state index contributed by atoms with van der Waals surface area (Å²) < 4.78 is 15.1. The smallest absolute Gasteiger partial charge is 0.274 e. The molecule has 11 heteroatoms. The molecule has 2 aromatic heterocycles. The highest BCUT2D eigenvalue weighted by atomic mass is 19.1. The molecule has 3 amide bonds. The average Bonchev–Trinajstić information content (AvgIpc) is 3.56. The Morgan fingerprint density at radius 1 is 1.23 bits per heavy atom. The van der Waals surface area contributed by atoms with Gasteiger partial charge in [-0.25, -0.2) is 14.4 Å². The van der Waals surface area contributed by atoms with Crippen LogP contribution in [0.1, 0.15) is 56.6 Å². The molecule has 214 valence electrons. The SMILES string of the molecule is CC(N)C(=O)NC(C(=O)N1CCCC1CN(CCc1ccc(F)cc1)C(=O)c1cn2cccnc2n1)C(C)(C)C. The second kappa shape index (κ2) is 12.1. The van der Waals surface area contributed by atoms with Crippen LogP contribution in [0.2, 0.25) is 0 Å². The molecule has 4 rings (SSSR count). The summed E-state index contributed by atoms with van der Waals surface area (Å²) in [6, 6.07) is 6.21. The van der Waals surface area contributed by atoms with Crippen LogP contribution >= 0.6 is 0 Å². The van der Waals surface area contributed by atoms with Gasteiger partial charge in [0.1, 0.15) is 17.6 Å². The number of aromatic nitrogens is 3. The number of carbonyl (C=O) groups is 3. The average molecular weight is 552 g/mol. The van der Waals surface area contributed by atoms with E-state index in [1.165, 1.54) is 12.1 Å². The van der Waals surface area contributed by atoms with E-state index in [-0.39, 0.29) is 35.3 Å². The number of nitrogens with one attached hydrogen (secondary N) is 1. The fraction of sp³-hybridized carbons (Fsp3) is 0.483. The summed E-state index contributed by atoms with van der Waals surface area (Å²) in [7, 11) is 0. The van der Waals surface area contributed by atoms with E-state index in [1.807, 2.05) is 20.8 Å². The fourth-order valence-corrected chi connectivity index (χ4v) is 4.94. The van der Waals surface area contributed by atoms with Crippen LogP contribution in [0, 0.1) is 11.2 Å². The van der Waals surface area contributed by atoms with Gasteiger partial charge >= 0.3 is 0 Å². The lowest BCUT2D eigenvalue weighted by Crippen LogP contribution is -2.59. The summed E-state index contributed by atoms with van der Waals surface area (Å²) in [5.74, 6) is -0.754. The molecule has 3 N–H and O–H groups in total. The van der Waals surface area contributed by atoms with Crippen molar-refractivity contribution in [2.24, 2.45) is 11.1 Å². The van der Waals surface area contributed by atoms with Crippen molar-refractivity contribution in [3.8, 4) is 0 Å². The van der Waals surface area contributed by atoms with Crippen LogP contribution in [0.3, 0.4) is 0 Å². The van der Waals surface area contributed by atoms with Crippen molar-refractivity contribution in [1.29, 1.82) is 0 Å². The molecule has 1 aromatic carbocycles. The Labute approximate surface area is 233 Å². The monoisotopic (exact) mass is 551 g/mol. The Hall–Kier alpha value is -3.86. The first-order valence-electron chi connectivity index (χ1n) is 13.6. The van der Waals surface area contributed by atoms with Crippen molar-refractivity contribution in [3.63, 3.8) is 0 Å². The summed E-state index contributed by atoms with van der Waals surface area (Å²) in [5, 5.41) is 2.84. The number of hydrogen-bond donors (Lipinski definition) is 2. The van der Waals surface area contributed by atoms with Crippen molar-refractivity contribution in [2.75, 3.05) is 19.6 Å². The number of halogens is 1. The number of amides is 3. The minimum Gasteiger partial charge on any atom is -0.342 e. The molecule has 0 aliphatic carbocycles. The standard InChI is InChI=1S/C29H38FN7O3/c1-19(31)25(38)34-24(29(2,3)4)27(40)37-15-5-7-22(37)17-35(16-12-20-8-10-21(30)11-9-20)26(39)23-18-36-14-6-13-32-28(36)33-23/h6,8-11,13-14,18-19,22,24H,5,7,12,15-17,31H2,1-4H3,(H,34,38). The normalized spacial score (nSPS) is 17.1. The minimum atomic E-state index is -0.764. The van der Waals surface area contributed by atoms with E-state index in [0.717, 1.165) is 18.4 Å². The molecular formula is C29H38FN7O3. The number of nitrogens with two attached hydrogens (primary N) is 1. The van der Waals surface area contributed by atoms with Gasteiger partial charge in [0.05, 0.1) is 6.04 Å². The summed E-state index contributed by atoms with van der Waals surface area (Å²) in [4.78, 5) is 52.1. The third-order valence-corrected chi connectivity index (χ3v) is 7.23. The molecule has 3 unspecified atom stereocenters. The molecule has 0 bridgehead atoms. The Kier molecular flexibility index (Phi) is 8.82. The van der Waals surface area contributed by atoms with E-state index in [1.54, 1.807) is 57.9 Å². The first-order valence-corrected chi connectivity index (χ1v) is 13.6. The summed E-state index contributed by atoms with van der Waals surface area (Å²) in [6.07, 6.45) is 7.04. The molecule has 3 heterocycles. The van der Waals surface area contributed by atoms with Crippen molar-refractivity contribution in [3.05, 3.63) is 66.0 Å². The maximum absolute atomic E-state index is 13.8. The predicted octanol–water partition coefficient (Wildman–Crippen LogP) is 2.42. The van der Waals surface area contributed by atoms with Crippen LogP contribution < -0.4 is 11.1 Å². The number of fused-ring (bicyclic) bond motifs is 1. The molecule has 3 atom stereocenters. The van der Waals surface area contributed by atoms with Crippen LogP contribution in [0.4, 0.5) is 4.39 Å². The molecule has 3 aromatic rings. The molecule has 10 nitrogen and oxygen atoms in total. The maximum atomic E-state index is 13.8. The Bertz CT molecular complexity index is 1320. The van der Waals surface area contributed by atoms with E-state index < -0.39 is 17.5 Å². The Morgan fingerprint density at radius 2 is 1.95 bits per heavy atom. The summed E-state index contributed by atoms with van der Waals surface area (Å²) in [6.45, 7) is 8.47. The number of benzene rings is 1. The molecule has 1 aliphatic rings. The van der Waals surface area contributed by atoms with E-state index >= 15 is 0 Å². The number of nitrogens with zero attached hydrogens (tertiary/aromatic N) is 5. The van der Waals surface area contributed by atoms with Gasteiger partial charge in [-0.05, 0) is 55.4 Å². The fourth-order valence-electron chi connectivity index (χ4n) is 4.94. The lowest BCUT2D eigenvalue weighted by atomic mass is 9.85. The first kappa shape index (κ1) is 29.1. The zero-order valence-corrected chi connectivity index (χ0v) is 23.5. The van der Waals surface area contributed by atoms with Crippen LogP contribution in [0.15, 0.2) is 48.9 Å². The number of likely N-dealkylation sites (tertiary alicyclic amines) is 1. The molecule has 1 saturated heterocycles. The van der Waals surface area contributed by atoms with Crippen molar-refractivity contribution in [1.82, 2.24) is 29.5 Å². The van der Waals surface area contributed by atoms with Gasteiger partial charge < -0.3 is 20.9 Å². The number of carbonyl (C=O) groups excluding carboxylic acids is 3. The number of rotatable bonds is 9. The zero-order valence-electron chi connectivity index (χ0n) is 23.5. The Balaban J connectivity index is 1.57. The van der Waals surface area contributed by atoms with Crippen molar-refractivity contribution < 1.29 is 18.8 Å². The second-order valence-corrected chi connectivity index (χ2v) is 11.5. The van der Waals surface area contributed by atoms with E-state index in [2.05, 4.69) is 15.3 Å². The second-order valence-electron chi connectivity index (χ2n) is 11.5. The van der Waals surface area contributed by atoms with Gasteiger partial charge in [-0.1, -0.05) is 32.9 Å². The van der Waals surface area contributed by atoms with Crippen LogP contribution in [0.5, 0.6) is 0 Å². The highest BCUT2D eigenvalue weighted by Gasteiger charge is 2.40. The van der Waals surface area contributed by atoms with Gasteiger partial charge in [-0.15, -0.1) is 0 Å². The largest absolute Gasteiger partial charge is 0.342 e. The van der Waals surface area contributed by atoms with E-state index in [0.29, 0.717) is 31.8 Å². The summed E-state index contributed by atoms with van der Waals surface area (Å²) in [5.41, 5.74) is 6.37. The topological polar surface area (TPSA) is 126 Å². The predicted molar refractivity (Wildman–Crippen MR) is 149 cm³/mol. The van der Waals surface area contributed by atoms with Crippen LogP contribution in [-0.2, 0) is 16.0 Å². The minimum absolute atomic E-state index is 0.188. The van der Waals surface area contributed by atoms with E-state index in [9.17, 15) is 18.8 Å². The van der Waals surface area contributed by atoms with Gasteiger partial charge in [-0.3, -0.25) is 18.8 Å². The quantitative estimate of drug-likeness (QED) is 0.421. The van der Waals surface area contributed by atoms with Gasteiger partial charge in [0, 0.05) is 44.3 Å². The van der Waals surface area contributed by atoms with Gasteiger partial charge in [0.2, 0.25) is 17.6 Å². The third kappa shape index (κ3) is 6.82. The van der Waals surface area contributed by atoms with Crippen molar-refractivity contribution in [2.45, 2.75) is 65.1 Å². The first-order chi connectivity index (χ1) is 18.9. The van der Waals surface area contributed by atoms with Crippen LogP contribution in [-0.4, -0.2) is 79.6 Å². The lowest BCUT2D eigenvalue weighted by molar-refractivity contribution is -0.140. The molecule has 40 heavy (non-hydrogen) atoms. The Morgan fingerprint density at radius 3 is 2.60 bits per heavy atom. The highest BCUT2D eigenvalue weighted by molar-refractivity contribution is 5.93. The van der Waals surface area contributed by atoms with E-state index in [4.69, 9.17) is 5.73 Å². The highest BCUT2D eigenvalue weighted by Crippen LogP contribution is 2.27. The zero-order chi connectivity index (χ0) is 29.0. The lowest BCUT2D eigenvalue weighted by Gasteiger charge is -2.37. The molecule has 0 saturated carbocycles. The molecular weight excluding hydrogens is 513 g/mol. The third-order valence-electron chi connectivity index (χ3n) is 7.23. The summed E-state index contributed by atoms with van der Waals surface area (Å²) >= 11 is 0. The van der Waals surface area contributed by atoms with Crippen LogP contribution in [0.25, 0.3) is 5.78 Å². The molecule has 0 radical (unpaired) electrons. The number of hydrogen-bond acceptors (Lipinski definition) is 6. The van der Waals surface area contributed by atoms with Gasteiger partial charge in [-0.2, -0.15) is 0 Å². The molecule has 1 fully saturated rings. The molecule has 1 aliphatic heterocycles.